The van der Waals surface area contributed by atoms with E-state index in [-0.39, 0.29) is 23.2 Å². The summed E-state index contributed by atoms with van der Waals surface area (Å²) in [5.41, 5.74) is 1.31. The molecule has 0 amide bonds. The number of hydrogen-bond acceptors (Lipinski definition) is 3. The predicted octanol–water partition coefficient (Wildman–Crippen LogP) is 2.94. The van der Waals surface area contributed by atoms with E-state index in [2.05, 4.69) is 0 Å². The van der Waals surface area contributed by atoms with Crippen LogP contribution in [0.5, 0.6) is 11.5 Å². The molecule has 0 unspecified atom stereocenters. The van der Waals surface area contributed by atoms with Gasteiger partial charge in [-0.2, -0.15) is 0 Å². The molecule has 0 aliphatic heterocycles. The maximum atomic E-state index is 11.9. The van der Waals surface area contributed by atoms with Gasteiger partial charge in [-0.05, 0) is 31.4 Å². The van der Waals surface area contributed by atoms with Gasteiger partial charge >= 0.3 is 0 Å². The minimum Gasteiger partial charge on any atom is -0.508 e. The fourth-order valence-corrected chi connectivity index (χ4v) is 1.71. The van der Waals surface area contributed by atoms with Crippen molar-refractivity contribution < 1.29 is 15.0 Å². The van der Waals surface area contributed by atoms with Gasteiger partial charge in [0.2, 0.25) is 0 Å². The van der Waals surface area contributed by atoms with Crippen molar-refractivity contribution in [3.05, 3.63) is 22.8 Å². The second-order valence-corrected chi connectivity index (χ2v) is 4.58. The minimum atomic E-state index is -0.0943. The van der Waals surface area contributed by atoms with Gasteiger partial charge in [-0.15, -0.1) is 0 Å². The van der Waals surface area contributed by atoms with Crippen molar-refractivity contribution >= 4 is 5.78 Å². The third kappa shape index (κ3) is 2.35. The van der Waals surface area contributed by atoms with Crippen LogP contribution in [-0.4, -0.2) is 16.0 Å². The Morgan fingerprint density at radius 1 is 1.31 bits per heavy atom. The van der Waals surface area contributed by atoms with E-state index in [4.69, 9.17) is 0 Å². The monoisotopic (exact) mass is 222 g/mol. The van der Waals surface area contributed by atoms with E-state index in [9.17, 15) is 15.0 Å². The first-order chi connectivity index (χ1) is 7.34. The highest BCUT2D eigenvalue weighted by molar-refractivity contribution is 6.00. The first-order valence-electron chi connectivity index (χ1n) is 5.40. The van der Waals surface area contributed by atoms with Crippen LogP contribution in [0.15, 0.2) is 6.07 Å². The Hall–Kier alpha value is -1.51. The van der Waals surface area contributed by atoms with Crippen LogP contribution in [0.25, 0.3) is 0 Å². The summed E-state index contributed by atoms with van der Waals surface area (Å²) in [4.78, 5) is 11.9. The third-order valence-electron chi connectivity index (χ3n) is 2.60. The zero-order valence-electron chi connectivity index (χ0n) is 10.2. The van der Waals surface area contributed by atoms with Crippen LogP contribution in [0.1, 0.15) is 41.8 Å². The largest absolute Gasteiger partial charge is 0.508 e. The first kappa shape index (κ1) is 12.6. The second-order valence-electron chi connectivity index (χ2n) is 4.58. The van der Waals surface area contributed by atoms with Crippen LogP contribution in [0, 0.1) is 19.8 Å². The van der Waals surface area contributed by atoms with Crippen LogP contribution in [0.4, 0.5) is 0 Å². The molecule has 1 aromatic rings. The van der Waals surface area contributed by atoms with Gasteiger partial charge in [0.25, 0.3) is 0 Å². The number of carbonyl (C=O) groups excluding carboxylic acids is 1. The van der Waals surface area contributed by atoms with Crippen molar-refractivity contribution in [2.24, 2.45) is 5.92 Å². The van der Waals surface area contributed by atoms with Gasteiger partial charge in [-0.25, -0.2) is 0 Å². The Labute approximate surface area is 95.7 Å². The molecule has 0 aliphatic rings. The lowest BCUT2D eigenvalue weighted by molar-refractivity contribution is 0.0964. The Kier molecular flexibility index (Phi) is 3.58. The third-order valence-corrected chi connectivity index (χ3v) is 2.60. The number of benzene rings is 1. The molecule has 0 atom stereocenters. The molecule has 0 saturated heterocycles. The number of phenolic OH excluding ortho intramolecular Hbond substituents is 2. The Balaban J connectivity index is 3.24. The molecule has 0 fully saturated rings. The molecular weight excluding hydrogens is 204 g/mol. The predicted molar refractivity (Wildman–Crippen MR) is 63.0 cm³/mol. The van der Waals surface area contributed by atoms with Gasteiger partial charge in [0, 0.05) is 12.0 Å². The number of carbonyl (C=O) groups is 1. The summed E-state index contributed by atoms with van der Waals surface area (Å²) >= 11 is 0. The molecule has 0 aromatic heterocycles. The van der Waals surface area contributed by atoms with Crippen molar-refractivity contribution in [3.8, 4) is 11.5 Å². The quantitative estimate of drug-likeness (QED) is 0.773. The Morgan fingerprint density at radius 2 is 1.88 bits per heavy atom. The van der Waals surface area contributed by atoms with Crippen LogP contribution < -0.4 is 0 Å². The Bertz CT molecular complexity index is 420. The molecule has 2 N–H and O–H groups in total. The molecule has 0 heterocycles. The van der Waals surface area contributed by atoms with Gasteiger partial charge in [0.05, 0.1) is 5.56 Å². The summed E-state index contributed by atoms with van der Waals surface area (Å²) in [6.45, 7) is 7.22. The van der Waals surface area contributed by atoms with E-state index in [0.717, 1.165) is 0 Å². The molecule has 3 nitrogen and oxygen atoms in total. The number of aromatic hydroxyl groups is 2. The zero-order chi connectivity index (χ0) is 12.5. The van der Waals surface area contributed by atoms with Crippen LogP contribution >= 0.6 is 0 Å². The zero-order valence-corrected chi connectivity index (χ0v) is 10.2. The van der Waals surface area contributed by atoms with Crippen LogP contribution in [0.2, 0.25) is 0 Å². The van der Waals surface area contributed by atoms with Gasteiger partial charge in [0.15, 0.2) is 5.78 Å². The molecule has 1 rings (SSSR count). The standard InChI is InChI=1S/C13H18O3/c1-7(2)5-11(15)12-8(3)6-10(14)9(4)13(12)16/h6-7,14,16H,5H2,1-4H3. The normalized spacial score (nSPS) is 10.8. The van der Waals surface area contributed by atoms with Crippen molar-refractivity contribution in [2.75, 3.05) is 0 Å². The molecule has 0 radical (unpaired) electrons. The average Bonchev–Trinajstić information content (AvgIpc) is 2.13. The summed E-state index contributed by atoms with van der Waals surface area (Å²) in [6, 6.07) is 1.52. The highest BCUT2D eigenvalue weighted by atomic mass is 16.3. The molecular formula is C13H18O3. The van der Waals surface area contributed by atoms with Gasteiger partial charge < -0.3 is 10.2 Å². The first-order valence-corrected chi connectivity index (χ1v) is 5.40. The maximum absolute atomic E-state index is 11.9. The smallest absolute Gasteiger partial charge is 0.167 e. The van der Waals surface area contributed by atoms with Gasteiger partial charge in [0.1, 0.15) is 11.5 Å². The van der Waals surface area contributed by atoms with E-state index in [1.54, 1.807) is 13.8 Å². The van der Waals surface area contributed by atoms with Gasteiger partial charge in [-0.3, -0.25) is 4.79 Å². The van der Waals surface area contributed by atoms with E-state index in [1.165, 1.54) is 6.07 Å². The van der Waals surface area contributed by atoms with E-state index in [0.29, 0.717) is 23.1 Å². The van der Waals surface area contributed by atoms with E-state index in [1.807, 2.05) is 13.8 Å². The van der Waals surface area contributed by atoms with Gasteiger partial charge in [-0.1, -0.05) is 13.8 Å². The van der Waals surface area contributed by atoms with Crippen molar-refractivity contribution in [1.29, 1.82) is 0 Å². The maximum Gasteiger partial charge on any atom is 0.167 e. The van der Waals surface area contributed by atoms with Crippen LogP contribution in [-0.2, 0) is 0 Å². The summed E-state index contributed by atoms with van der Waals surface area (Å²) in [5, 5.41) is 19.4. The summed E-state index contributed by atoms with van der Waals surface area (Å²) in [5.74, 6) is 0.104. The summed E-state index contributed by atoms with van der Waals surface area (Å²) in [6.07, 6.45) is 0.401. The van der Waals surface area contributed by atoms with Crippen molar-refractivity contribution in [2.45, 2.75) is 34.1 Å². The van der Waals surface area contributed by atoms with Crippen molar-refractivity contribution in [1.82, 2.24) is 0 Å². The fourth-order valence-electron chi connectivity index (χ4n) is 1.71. The van der Waals surface area contributed by atoms with E-state index >= 15 is 0 Å². The molecule has 16 heavy (non-hydrogen) atoms. The molecule has 0 aliphatic carbocycles. The molecule has 88 valence electrons. The second kappa shape index (κ2) is 4.56. The van der Waals surface area contributed by atoms with Crippen molar-refractivity contribution in [3.63, 3.8) is 0 Å². The topological polar surface area (TPSA) is 57.5 Å². The minimum absolute atomic E-state index is 0.0242. The Morgan fingerprint density at radius 3 is 2.38 bits per heavy atom. The number of aryl methyl sites for hydroxylation is 1. The lowest BCUT2D eigenvalue weighted by Gasteiger charge is -2.12. The SMILES string of the molecule is Cc1cc(O)c(C)c(O)c1C(=O)CC(C)C. The van der Waals surface area contributed by atoms with Crippen LogP contribution in [0.3, 0.4) is 0 Å². The molecule has 0 bridgehead atoms. The fraction of sp³-hybridized carbons (Fsp3) is 0.462. The van der Waals surface area contributed by atoms with E-state index < -0.39 is 0 Å². The lowest BCUT2D eigenvalue weighted by atomic mass is 9.94. The molecule has 3 heteroatoms. The number of rotatable bonds is 3. The number of phenols is 2. The molecule has 0 spiro atoms. The molecule has 1 aromatic carbocycles. The summed E-state index contributed by atoms with van der Waals surface area (Å²) < 4.78 is 0. The number of ketones is 1. The highest BCUT2D eigenvalue weighted by Crippen LogP contribution is 2.33. The highest BCUT2D eigenvalue weighted by Gasteiger charge is 2.19. The lowest BCUT2D eigenvalue weighted by Crippen LogP contribution is -2.06. The number of Topliss-reactive ketones (excluding diaryl/α,β-unsaturated/α-hetero) is 1. The number of hydrogen-bond donors (Lipinski definition) is 2. The molecule has 0 saturated carbocycles. The average molecular weight is 222 g/mol. The summed E-state index contributed by atoms with van der Waals surface area (Å²) in [7, 11) is 0.